The first-order chi connectivity index (χ1) is 13.7. The Labute approximate surface area is 163 Å². The van der Waals surface area contributed by atoms with Crippen LogP contribution >= 0.6 is 0 Å². The molecule has 1 aromatic carbocycles. The van der Waals surface area contributed by atoms with Gasteiger partial charge in [0.05, 0.1) is 25.1 Å². The van der Waals surface area contributed by atoms with Gasteiger partial charge in [-0.05, 0) is 12.0 Å². The number of hydrogen-bond donors (Lipinski definition) is 3. The van der Waals surface area contributed by atoms with E-state index in [1.807, 2.05) is 18.2 Å². The minimum atomic E-state index is -0.724. The van der Waals surface area contributed by atoms with Gasteiger partial charge >= 0.3 is 0 Å². The maximum atomic E-state index is 10.3. The van der Waals surface area contributed by atoms with E-state index in [9.17, 15) is 10.2 Å². The summed E-state index contributed by atoms with van der Waals surface area (Å²) in [7, 11) is 0. The van der Waals surface area contributed by atoms with Crippen molar-refractivity contribution in [3.8, 4) is 0 Å². The fourth-order valence-corrected chi connectivity index (χ4v) is 3.70. The maximum Gasteiger partial charge on any atom is 0.167 e. The number of nitrogens with one attached hydrogen (secondary N) is 1. The average molecular weight is 383 g/mol. The van der Waals surface area contributed by atoms with Crippen LogP contribution < -0.4 is 5.32 Å². The van der Waals surface area contributed by atoms with E-state index < -0.39 is 12.3 Å². The molecule has 1 saturated heterocycles. The van der Waals surface area contributed by atoms with Crippen molar-refractivity contribution in [2.24, 2.45) is 0 Å². The number of nitrogens with zero attached hydrogens (tertiary/aromatic N) is 4. The Kier molecular flexibility index (Phi) is 5.52. The van der Waals surface area contributed by atoms with Gasteiger partial charge in [0.15, 0.2) is 23.2 Å². The summed E-state index contributed by atoms with van der Waals surface area (Å²) < 4.78 is 7.45. The summed E-state index contributed by atoms with van der Waals surface area (Å²) in [4.78, 5) is 13.2. The molecular formula is C20H25N5O3. The summed E-state index contributed by atoms with van der Waals surface area (Å²) in [5, 5.41) is 23.1. The Balaban J connectivity index is 1.65. The molecule has 8 nitrogen and oxygen atoms in total. The van der Waals surface area contributed by atoms with E-state index >= 15 is 0 Å². The largest absolute Gasteiger partial charge is 0.394 e. The number of hydrogen-bond acceptors (Lipinski definition) is 7. The molecule has 0 spiro atoms. The van der Waals surface area contributed by atoms with E-state index in [1.54, 1.807) is 10.9 Å². The molecule has 8 heteroatoms. The predicted octanol–water partition coefficient (Wildman–Crippen LogP) is 2.42. The minimum Gasteiger partial charge on any atom is -0.394 e. The molecule has 0 radical (unpaired) electrons. The minimum absolute atomic E-state index is 0.113. The summed E-state index contributed by atoms with van der Waals surface area (Å²) in [5.41, 5.74) is 2.40. The van der Waals surface area contributed by atoms with Crippen LogP contribution in [-0.4, -0.2) is 48.5 Å². The van der Waals surface area contributed by atoms with E-state index in [-0.39, 0.29) is 18.8 Å². The first-order valence-electron chi connectivity index (χ1n) is 9.64. The molecule has 4 atom stereocenters. The zero-order valence-electron chi connectivity index (χ0n) is 15.8. The van der Waals surface area contributed by atoms with Crippen molar-refractivity contribution in [2.45, 2.75) is 50.7 Å². The lowest BCUT2D eigenvalue weighted by molar-refractivity contribution is -0.0486. The Morgan fingerprint density at radius 3 is 2.79 bits per heavy atom. The lowest BCUT2D eigenvalue weighted by atomic mass is 10.0. The monoisotopic (exact) mass is 383 g/mol. The van der Waals surface area contributed by atoms with Crippen LogP contribution in [0.3, 0.4) is 0 Å². The molecule has 3 aromatic rings. The SMILES string of the molecule is CCCC(Nc1ncnc2c1ncn2C1OC(CO)CC1O)c1ccccc1. The number of imidazole rings is 1. The number of rotatable bonds is 7. The molecule has 2 aromatic heterocycles. The summed E-state index contributed by atoms with van der Waals surface area (Å²) in [6.45, 7) is 2.02. The lowest BCUT2D eigenvalue weighted by Crippen LogP contribution is -2.19. The van der Waals surface area contributed by atoms with Crippen LogP contribution in [0.4, 0.5) is 5.82 Å². The molecule has 1 fully saturated rings. The molecule has 0 saturated carbocycles. The van der Waals surface area contributed by atoms with Crippen molar-refractivity contribution in [1.29, 1.82) is 0 Å². The number of fused-ring (bicyclic) bond motifs is 1. The highest BCUT2D eigenvalue weighted by Gasteiger charge is 2.36. The fraction of sp³-hybridized carbons (Fsp3) is 0.450. The molecule has 3 N–H and O–H groups in total. The van der Waals surface area contributed by atoms with Crippen LogP contribution in [0.1, 0.15) is 44.0 Å². The Bertz CT molecular complexity index is 917. The van der Waals surface area contributed by atoms with Gasteiger partial charge in [-0.1, -0.05) is 43.7 Å². The van der Waals surface area contributed by atoms with E-state index in [0.29, 0.717) is 23.4 Å². The quantitative estimate of drug-likeness (QED) is 0.575. The average Bonchev–Trinajstić information content (AvgIpc) is 3.32. The van der Waals surface area contributed by atoms with Crippen molar-refractivity contribution in [2.75, 3.05) is 11.9 Å². The van der Waals surface area contributed by atoms with E-state index in [1.165, 1.54) is 11.9 Å². The van der Waals surface area contributed by atoms with Gasteiger partial charge in [-0.3, -0.25) is 4.57 Å². The van der Waals surface area contributed by atoms with Gasteiger partial charge in [0.2, 0.25) is 0 Å². The van der Waals surface area contributed by atoms with Crippen LogP contribution in [0.15, 0.2) is 43.0 Å². The third-order valence-electron chi connectivity index (χ3n) is 5.09. The second-order valence-electron chi connectivity index (χ2n) is 7.08. The maximum absolute atomic E-state index is 10.3. The van der Waals surface area contributed by atoms with Crippen LogP contribution in [0.2, 0.25) is 0 Å². The second-order valence-corrected chi connectivity index (χ2v) is 7.08. The summed E-state index contributed by atoms with van der Waals surface area (Å²) in [5.74, 6) is 0.650. The zero-order chi connectivity index (χ0) is 19.5. The highest BCUT2D eigenvalue weighted by Crippen LogP contribution is 2.32. The zero-order valence-corrected chi connectivity index (χ0v) is 15.8. The fourth-order valence-electron chi connectivity index (χ4n) is 3.70. The van der Waals surface area contributed by atoms with Crippen molar-refractivity contribution in [3.63, 3.8) is 0 Å². The number of aliphatic hydroxyl groups is 2. The normalized spacial score (nSPS) is 23.2. The Morgan fingerprint density at radius 2 is 2.07 bits per heavy atom. The van der Waals surface area contributed by atoms with Crippen LogP contribution in [0, 0.1) is 0 Å². The predicted molar refractivity (Wildman–Crippen MR) is 105 cm³/mol. The number of benzene rings is 1. The molecule has 4 unspecified atom stereocenters. The molecule has 0 bridgehead atoms. The standard InChI is InChI=1S/C20H25N5O3/c1-2-6-15(13-7-4-3-5-8-13)24-18-17-19(22-11-21-18)25(12-23-17)20-16(27)9-14(10-26)28-20/h3-5,7-8,11-12,14-16,20,26-27H,2,6,9-10H2,1H3,(H,21,22,24). The van der Waals surface area contributed by atoms with Crippen molar-refractivity contribution < 1.29 is 14.9 Å². The van der Waals surface area contributed by atoms with Gasteiger partial charge in [-0.25, -0.2) is 15.0 Å². The molecule has 1 aliphatic rings. The summed E-state index contributed by atoms with van der Waals surface area (Å²) in [6.07, 6.45) is 3.73. The Morgan fingerprint density at radius 1 is 1.25 bits per heavy atom. The molecule has 28 heavy (non-hydrogen) atoms. The van der Waals surface area contributed by atoms with E-state index in [2.05, 4.69) is 39.3 Å². The first-order valence-corrected chi connectivity index (χ1v) is 9.64. The highest BCUT2D eigenvalue weighted by molar-refractivity contribution is 5.83. The van der Waals surface area contributed by atoms with Gasteiger partial charge in [0.25, 0.3) is 0 Å². The molecule has 148 valence electrons. The number of aromatic nitrogens is 4. The van der Waals surface area contributed by atoms with Crippen LogP contribution in [0.25, 0.3) is 11.2 Å². The molecule has 1 aliphatic heterocycles. The number of anilines is 1. The van der Waals surface area contributed by atoms with Crippen molar-refractivity contribution in [3.05, 3.63) is 48.5 Å². The van der Waals surface area contributed by atoms with Gasteiger partial charge in [-0.15, -0.1) is 0 Å². The summed E-state index contributed by atoms with van der Waals surface area (Å²) >= 11 is 0. The second kappa shape index (κ2) is 8.22. The van der Waals surface area contributed by atoms with Gasteiger partial charge < -0.3 is 20.3 Å². The third kappa shape index (κ3) is 3.58. The number of aliphatic hydroxyl groups excluding tert-OH is 2. The Hall–Kier alpha value is -2.55. The van der Waals surface area contributed by atoms with E-state index in [4.69, 9.17) is 4.74 Å². The first kappa shape index (κ1) is 18.8. The van der Waals surface area contributed by atoms with Crippen molar-refractivity contribution >= 4 is 17.0 Å². The van der Waals surface area contributed by atoms with Gasteiger partial charge in [0.1, 0.15) is 12.4 Å². The van der Waals surface area contributed by atoms with Gasteiger partial charge in [0, 0.05) is 6.42 Å². The van der Waals surface area contributed by atoms with Crippen LogP contribution in [0.5, 0.6) is 0 Å². The molecule has 0 aliphatic carbocycles. The lowest BCUT2D eigenvalue weighted by Gasteiger charge is -2.20. The summed E-state index contributed by atoms with van der Waals surface area (Å²) in [6, 6.07) is 10.4. The molecular weight excluding hydrogens is 358 g/mol. The molecule has 0 amide bonds. The third-order valence-corrected chi connectivity index (χ3v) is 5.09. The highest BCUT2D eigenvalue weighted by atomic mass is 16.5. The molecule has 3 heterocycles. The topological polar surface area (TPSA) is 105 Å². The van der Waals surface area contributed by atoms with Crippen LogP contribution in [-0.2, 0) is 4.74 Å². The van der Waals surface area contributed by atoms with E-state index in [0.717, 1.165) is 12.8 Å². The van der Waals surface area contributed by atoms with Crippen molar-refractivity contribution in [1.82, 2.24) is 19.5 Å². The smallest absolute Gasteiger partial charge is 0.167 e. The van der Waals surface area contributed by atoms with Gasteiger partial charge in [-0.2, -0.15) is 0 Å². The molecule has 4 rings (SSSR count). The number of ether oxygens (including phenoxy) is 1.